The lowest BCUT2D eigenvalue weighted by atomic mass is 10.0. The van der Waals surface area contributed by atoms with Crippen molar-refractivity contribution in [2.45, 2.75) is 30.5 Å². The number of aromatic nitrogens is 2. The highest BCUT2D eigenvalue weighted by Gasteiger charge is 2.22. The van der Waals surface area contributed by atoms with Crippen molar-refractivity contribution in [2.75, 3.05) is 24.3 Å². The molecule has 1 aromatic rings. The summed E-state index contributed by atoms with van der Waals surface area (Å²) in [6, 6.07) is 2.15. The summed E-state index contributed by atoms with van der Waals surface area (Å²) in [7, 11) is 0. The summed E-state index contributed by atoms with van der Waals surface area (Å²) in [4.78, 5) is 10.8. The van der Waals surface area contributed by atoms with Crippen LogP contribution in [-0.2, 0) is 0 Å². The van der Waals surface area contributed by atoms with E-state index in [1.165, 1.54) is 12.8 Å². The quantitative estimate of drug-likeness (QED) is 0.640. The van der Waals surface area contributed by atoms with Crippen molar-refractivity contribution in [1.29, 1.82) is 0 Å². The Bertz CT molecular complexity index is 348. The molecule has 0 aliphatic carbocycles. The van der Waals surface area contributed by atoms with E-state index in [1.54, 1.807) is 18.0 Å². The van der Waals surface area contributed by atoms with E-state index in [0.717, 1.165) is 23.9 Å². The first-order valence-corrected chi connectivity index (χ1v) is 6.82. The highest BCUT2D eigenvalue weighted by atomic mass is 32.2. The number of hydrogen-bond donors (Lipinski definition) is 1. The van der Waals surface area contributed by atoms with E-state index in [1.807, 2.05) is 12.3 Å². The molecule has 1 aliphatic heterocycles. The topological polar surface area (TPSA) is 49.2 Å². The fraction of sp³-hybridized carbons (Fsp3) is 0.636. The third-order valence-electron chi connectivity index (χ3n) is 2.93. The van der Waals surface area contributed by atoms with E-state index in [2.05, 4.69) is 14.9 Å². The number of nitrogens with zero attached hydrogens (tertiary/aromatic N) is 3. The van der Waals surface area contributed by atoms with Crippen LogP contribution in [0.25, 0.3) is 0 Å². The van der Waals surface area contributed by atoms with E-state index in [-0.39, 0.29) is 12.6 Å². The average molecular weight is 239 g/mol. The molecule has 16 heavy (non-hydrogen) atoms. The van der Waals surface area contributed by atoms with Gasteiger partial charge < -0.3 is 10.0 Å². The zero-order chi connectivity index (χ0) is 11.4. The van der Waals surface area contributed by atoms with Gasteiger partial charge in [-0.2, -0.15) is 0 Å². The molecule has 2 heterocycles. The second-order valence-electron chi connectivity index (χ2n) is 3.93. The number of aliphatic hydroxyl groups is 1. The molecule has 2 rings (SSSR count). The van der Waals surface area contributed by atoms with Crippen LogP contribution >= 0.6 is 11.8 Å². The molecule has 0 spiro atoms. The lowest BCUT2D eigenvalue weighted by Gasteiger charge is -2.35. The van der Waals surface area contributed by atoms with Crippen LogP contribution < -0.4 is 4.90 Å². The lowest BCUT2D eigenvalue weighted by molar-refractivity contribution is 0.239. The molecular weight excluding hydrogens is 222 g/mol. The summed E-state index contributed by atoms with van der Waals surface area (Å²) in [6.45, 7) is 1.19. The number of piperidine rings is 1. The second kappa shape index (κ2) is 5.50. The molecule has 1 N–H and O–H groups in total. The molecule has 0 amide bonds. The highest BCUT2D eigenvalue weighted by Crippen LogP contribution is 2.23. The maximum atomic E-state index is 9.36. The van der Waals surface area contributed by atoms with Gasteiger partial charge in [-0.3, -0.25) is 0 Å². The van der Waals surface area contributed by atoms with E-state index in [0.29, 0.717) is 0 Å². The number of hydrogen-bond acceptors (Lipinski definition) is 5. The molecule has 1 aromatic heterocycles. The van der Waals surface area contributed by atoms with Crippen molar-refractivity contribution in [3.63, 3.8) is 0 Å². The van der Waals surface area contributed by atoms with Crippen LogP contribution in [0.5, 0.6) is 0 Å². The molecule has 1 atom stereocenters. The Labute approximate surface area is 100 Å². The first kappa shape index (κ1) is 11.7. The highest BCUT2D eigenvalue weighted by molar-refractivity contribution is 7.98. The third-order valence-corrected chi connectivity index (χ3v) is 3.50. The number of thioether (sulfide) groups is 1. The third kappa shape index (κ3) is 2.47. The fourth-order valence-corrected chi connectivity index (χ4v) is 2.43. The standard InChI is InChI=1S/C11H17N3OS/c1-16-11-12-6-5-10(13-11)14-7-3-2-4-9(14)8-15/h5-6,9,15H,2-4,7-8H2,1H3/t9-/m0/s1. The maximum absolute atomic E-state index is 9.36. The Morgan fingerprint density at radius 1 is 1.56 bits per heavy atom. The van der Waals surface area contributed by atoms with Gasteiger partial charge in [-0.1, -0.05) is 11.8 Å². The van der Waals surface area contributed by atoms with Gasteiger partial charge in [0.1, 0.15) is 5.82 Å². The molecular formula is C11H17N3OS. The molecule has 5 heteroatoms. The molecule has 1 saturated heterocycles. The summed E-state index contributed by atoms with van der Waals surface area (Å²) < 4.78 is 0. The molecule has 0 aromatic carbocycles. The Balaban J connectivity index is 2.20. The Hall–Kier alpha value is -0.810. The minimum absolute atomic E-state index is 0.207. The van der Waals surface area contributed by atoms with E-state index >= 15 is 0 Å². The lowest BCUT2D eigenvalue weighted by Crippen LogP contribution is -2.42. The van der Waals surface area contributed by atoms with Crippen LogP contribution in [0.1, 0.15) is 19.3 Å². The van der Waals surface area contributed by atoms with Crippen LogP contribution in [0.2, 0.25) is 0 Å². The van der Waals surface area contributed by atoms with E-state index in [9.17, 15) is 5.11 Å². The zero-order valence-corrected chi connectivity index (χ0v) is 10.3. The zero-order valence-electron chi connectivity index (χ0n) is 9.46. The Morgan fingerprint density at radius 3 is 3.19 bits per heavy atom. The fourth-order valence-electron chi connectivity index (χ4n) is 2.08. The second-order valence-corrected chi connectivity index (χ2v) is 4.70. The number of rotatable bonds is 3. The minimum atomic E-state index is 0.207. The molecule has 0 radical (unpaired) electrons. The monoisotopic (exact) mass is 239 g/mol. The van der Waals surface area contributed by atoms with Crippen molar-refractivity contribution in [1.82, 2.24) is 9.97 Å². The van der Waals surface area contributed by atoms with Crippen molar-refractivity contribution >= 4 is 17.6 Å². The smallest absolute Gasteiger partial charge is 0.189 e. The Morgan fingerprint density at radius 2 is 2.44 bits per heavy atom. The average Bonchev–Trinajstić information content (AvgIpc) is 2.38. The van der Waals surface area contributed by atoms with Crippen molar-refractivity contribution in [2.24, 2.45) is 0 Å². The predicted octanol–water partition coefficient (Wildman–Crippen LogP) is 1.55. The van der Waals surface area contributed by atoms with Crippen LogP contribution in [0.15, 0.2) is 17.4 Å². The van der Waals surface area contributed by atoms with Gasteiger partial charge in [0.15, 0.2) is 5.16 Å². The van der Waals surface area contributed by atoms with Crippen LogP contribution in [-0.4, -0.2) is 40.5 Å². The van der Waals surface area contributed by atoms with Gasteiger partial charge in [-0.25, -0.2) is 9.97 Å². The SMILES string of the molecule is CSc1nccc(N2CCCC[C@H]2CO)n1. The van der Waals surface area contributed by atoms with Gasteiger partial charge in [-0.15, -0.1) is 0 Å². The number of aliphatic hydroxyl groups excluding tert-OH is 1. The summed E-state index contributed by atoms with van der Waals surface area (Å²) >= 11 is 1.54. The first-order chi connectivity index (χ1) is 7.85. The molecule has 4 nitrogen and oxygen atoms in total. The maximum Gasteiger partial charge on any atom is 0.189 e. The molecule has 0 saturated carbocycles. The summed E-state index contributed by atoms with van der Waals surface area (Å²) in [5.74, 6) is 0.943. The van der Waals surface area contributed by atoms with Crippen LogP contribution in [0.3, 0.4) is 0 Å². The summed E-state index contributed by atoms with van der Waals surface area (Å²) in [5, 5.41) is 10.2. The number of anilines is 1. The molecule has 0 bridgehead atoms. The van der Waals surface area contributed by atoms with Gasteiger partial charge in [0, 0.05) is 12.7 Å². The van der Waals surface area contributed by atoms with Gasteiger partial charge in [-0.05, 0) is 31.6 Å². The molecule has 1 fully saturated rings. The van der Waals surface area contributed by atoms with Gasteiger partial charge in [0.2, 0.25) is 0 Å². The summed E-state index contributed by atoms with van der Waals surface area (Å²) in [6.07, 6.45) is 7.18. The van der Waals surface area contributed by atoms with E-state index < -0.39 is 0 Å². The van der Waals surface area contributed by atoms with Gasteiger partial charge in [0.25, 0.3) is 0 Å². The van der Waals surface area contributed by atoms with Gasteiger partial charge in [0.05, 0.1) is 12.6 Å². The Kier molecular flexibility index (Phi) is 4.01. The molecule has 0 unspecified atom stereocenters. The van der Waals surface area contributed by atoms with Crippen molar-refractivity contribution < 1.29 is 5.11 Å². The normalized spacial score (nSPS) is 21.1. The van der Waals surface area contributed by atoms with Crippen molar-refractivity contribution in [3.05, 3.63) is 12.3 Å². The predicted molar refractivity (Wildman–Crippen MR) is 65.9 cm³/mol. The van der Waals surface area contributed by atoms with Crippen molar-refractivity contribution in [3.8, 4) is 0 Å². The first-order valence-electron chi connectivity index (χ1n) is 5.59. The van der Waals surface area contributed by atoms with Crippen LogP contribution in [0, 0.1) is 0 Å². The summed E-state index contributed by atoms with van der Waals surface area (Å²) in [5.41, 5.74) is 0. The van der Waals surface area contributed by atoms with Crippen LogP contribution in [0.4, 0.5) is 5.82 Å². The largest absolute Gasteiger partial charge is 0.394 e. The minimum Gasteiger partial charge on any atom is -0.394 e. The molecule has 88 valence electrons. The van der Waals surface area contributed by atoms with E-state index in [4.69, 9.17) is 0 Å². The molecule has 1 aliphatic rings. The van der Waals surface area contributed by atoms with Gasteiger partial charge >= 0.3 is 0 Å².